The number of guanidine groups is 1. The molecule has 0 amide bonds. The van der Waals surface area contributed by atoms with E-state index in [1.807, 2.05) is 32.0 Å². The van der Waals surface area contributed by atoms with Crippen molar-refractivity contribution < 1.29 is 9.47 Å². The summed E-state index contributed by atoms with van der Waals surface area (Å²) >= 11 is 0. The van der Waals surface area contributed by atoms with Gasteiger partial charge in [-0.3, -0.25) is 4.99 Å². The zero-order chi connectivity index (χ0) is 18.0. The average Bonchev–Trinajstić information content (AvgIpc) is 2.51. The highest BCUT2D eigenvalue weighted by Gasteiger charge is 2.08. The summed E-state index contributed by atoms with van der Waals surface area (Å²) in [5.41, 5.74) is 1.01. The second-order valence-corrected chi connectivity index (χ2v) is 6.36. The Kier molecular flexibility index (Phi) is 11.6. The molecule has 0 saturated carbocycles. The molecule has 7 heteroatoms. The quantitative estimate of drug-likeness (QED) is 0.238. The fraction of sp³-hybridized carbons (Fsp3) is 0.611. The fourth-order valence-electron chi connectivity index (χ4n) is 2.07. The molecule has 0 bridgehead atoms. The van der Waals surface area contributed by atoms with E-state index in [0.29, 0.717) is 13.2 Å². The van der Waals surface area contributed by atoms with Crippen LogP contribution in [0, 0.1) is 0 Å². The van der Waals surface area contributed by atoms with Crippen molar-refractivity contribution in [1.82, 2.24) is 10.6 Å². The number of hydrogen-bond donors (Lipinski definition) is 3. The lowest BCUT2D eigenvalue weighted by Gasteiger charge is -2.20. The van der Waals surface area contributed by atoms with E-state index in [4.69, 9.17) is 9.47 Å². The normalized spacial score (nSPS) is 11.5. The van der Waals surface area contributed by atoms with Crippen molar-refractivity contribution in [3.8, 4) is 11.5 Å². The zero-order valence-corrected chi connectivity index (χ0v) is 18.6. The maximum absolute atomic E-state index is 5.61. The van der Waals surface area contributed by atoms with Crippen LogP contribution in [0.25, 0.3) is 0 Å². The number of nitrogens with zero attached hydrogens (tertiary/aromatic N) is 1. The largest absolute Gasteiger partial charge is 0.493 e. The van der Waals surface area contributed by atoms with Crippen molar-refractivity contribution >= 4 is 35.6 Å². The van der Waals surface area contributed by atoms with E-state index in [9.17, 15) is 0 Å². The molecule has 0 aliphatic rings. The van der Waals surface area contributed by atoms with Crippen LogP contribution in [0.2, 0.25) is 0 Å². The van der Waals surface area contributed by atoms with Gasteiger partial charge in [0.2, 0.25) is 0 Å². The molecule has 1 aromatic carbocycles. The SMILES string of the molecule is CCNC(=NCCNC(C)(C)C)Nc1ccc(OC)c(OCC)c1.I. The number of nitrogens with one attached hydrogen (secondary N) is 3. The molecule has 0 unspecified atom stereocenters. The van der Waals surface area contributed by atoms with Crippen LogP contribution in [-0.4, -0.2) is 44.8 Å². The van der Waals surface area contributed by atoms with E-state index in [1.165, 1.54) is 0 Å². The summed E-state index contributed by atoms with van der Waals surface area (Å²) in [4.78, 5) is 4.59. The highest BCUT2D eigenvalue weighted by Crippen LogP contribution is 2.30. The second-order valence-electron chi connectivity index (χ2n) is 6.36. The molecule has 0 atom stereocenters. The first-order chi connectivity index (χ1) is 11.4. The summed E-state index contributed by atoms with van der Waals surface area (Å²) in [5.74, 6) is 2.19. The van der Waals surface area contributed by atoms with Gasteiger partial charge < -0.3 is 25.4 Å². The van der Waals surface area contributed by atoms with Crippen LogP contribution in [0.4, 0.5) is 5.69 Å². The number of ether oxygens (including phenoxy) is 2. The Labute approximate surface area is 169 Å². The summed E-state index contributed by atoms with van der Waals surface area (Å²) < 4.78 is 10.9. The Balaban J connectivity index is 0.00000576. The number of rotatable bonds is 8. The zero-order valence-electron chi connectivity index (χ0n) is 16.2. The lowest BCUT2D eigenvalue weighted by Crippen LogP contribution is -2.38. The second kappa shape index (κ2) is 12.2. The minimum atomic E-state index is 0. The lowest BCUT2D eigenvalue weighted by atomic mass is 10.1. The van der Waals surface area contributed by atoms with Crippen LogP contribution in [0.1, 0.15) is 34.6 Å². The Morgan fingerprint density at radius 2 is 1.88 bits per heavy atom. The van der Waals surface area contributed by atoms with Crippen LogP contribution in [-0.2, 0) is 0 Å². The number of methoxy groups -OCH3 is 1. The minimum absolute atomic E-state index is 0. The summed E-state index contributed by atoms with van der Waals surface area (Å²) in [6, 6.07) is 5.75. The first-order valence-electron chi connectivity index (χ1n) is 8.50. The molecular weight excluding hydrogens is 431 g/mol. The molecule has 0 saturated heterocycles. The third kappa shape index (κ3) is 9.74. The standard InChI is InChI=1S/C18H32N4O2.HI/c1-7-19-17(20-11-12-21-18(3,4)5)22-14-9-10-15(23-6)16(13-14)24-8-2;/h9-10,13,21H,7-8,11-12H2,1-6H3,(H2,19,20,22);1H. The Hall–Kier alpha value is -1.22. The topological polar surface area (TPSA) is 66.9 Å². The smallest absolute Gasteiger partial charge is 0.195 e. The predicted molar refractivity (Wildman–Crippen MR) is 117 cm³/mol. The van der Waals surface area contributed by atoms with Gasteiger partial charge in [-0.25, -0.2) is 0 Å². The summed E-state index contributed by atoms with van der Waals surface area (Å²) in [7, 11) is 1.64. The van der Waals surface area contributed by atoms with Crippen LogP contribution < -0.4 is 25.4 Å². The first-order valence-corrected chi connectivity index (χ1v) is 8.50. The van der Waals surface area contributed by atoms with Gasteiger partial charge in [0, 0.05) is 30.4 Å². The third-order valence-corrected chi connectivity index (χ3v) is 3.11. The van der Waals surface area contributed by atoms with Gasteiger partial charge in [0.25, 0.3) is 0 Å². The van der Waals surface area contributed by atoms with Gasteiger partial charge in [-0.15, -0.1) is 24.0 Å². The molecule has 0 aliphatic heterocycles. The van der Waals surface area contributed by atoms with E-state index < -0.39 is 0 Å². The number of aliphatic imine (C=N–C) groups is 1. The Morgan fingerprint density at radius 3 is 2.44 bits per heavy atom. The Morgan fingerprint density at radius 1 is 1.16 bits per heavy atom. The molecule has 1 rings (SSSR count). The van der Waals surface area contributed by atoms with Gasteiger partial charge in [-0.05, 0) is 46.8 Å². The van der Waals surface area contributed by atoms with Gasteiger partial charge in [0.15, 0.2) is 17.5 Å². The number of benzene rings is 1. The third-order valence-electron chi connectivity index (χ3n) is 3.11. The number of halogens is 1. The van der Waals surface area contributed by atoms with Crippen molar-refractivity contribution in [2.45, 2.75) is 40.2 Å². The molecule has 0 aromatic heterocycles. The molecule has 1 aromatic rings. The summed E-state index contributed by atoms with van der Waals surface area (Å²) in [6.07, 6.45) is 0. The maximum atomic E-state index is 5.61. The van der Waals surface area contributed by atoms with Crippen molar-refractivity contribution in [1.29, 1.82) is 0 Å². The molecule has 0 heterocycles. The molecule has 0 fully saturated rings. The van der Waals surface area contributed by atoms with Gasteiger partial charge in [0.05, 0.1) is 20.3 Å². The molecule has 6 nitrogen and oxygen atoms in total. The average molecular weight is 464 g/mol. The van der Waals surface area contributed by atoms with Gasteiger partial charge in [-0.1, -0.05) is 0 Å². The van der Waals surface area contributed by atoms with Crippen LogP contribution >= 0.6 is 24.0 Å². The van der Waals surface area contributed by atoms with E-state index in [2.05, 4.69) is 41.7 Å². The van der Waals surface area contributed by atoms with Gasteiger partial charge >= 0.3 is 0 Å². The lowest BCUT2D eigenvalue weighted by molar-refractivity contribution is 0.311. The maximum Gasteiger partial charge on any atom is 0.195 e. The molecule has 3 N–H and O–H groups in total. The van der Waals surface area contributed by atoms with E-state index >= 15 is 0 Å². The van der Waals surface area contributed by atoms with E-state index in [1.54, 1.807) is 7.11 Å². The first kappa shape index (κ1) is 23.8. The predicted octanol–water partition coefficient (Wildman–Crippen LogP) is 3.48. The Bertz CT molecular complexity index is 530. The van der Waals surface area contributed by atoms with Crippen LogP contribution in [0.5, 0.6) is 11.5 Å². The van der Waals surface area contributed by atoms with Crippen molar-refractivity contribution in [2.24, 2.45) is 4.99 Å². The van der Waals surface area contributed by atoms with Crippen LogP contribution in [0.15, 0.2) is 23.2 Å². The minimum Gasteiger partial charge on any atom is -0.493 e. The van der Waals surface area contributed by atoms with E-state index in [-0.39, 0.29) is 29.5 Å². The summed E-state index contributed by atoms with van der Waals surface area (Å²) in [6.45, 7) is 13.3. The van der Waals surface area contributed by atoms with Gasteiger partial charge in [0.1, 0.15) is 0 Å². The molecule has 0 aliphatic carbocycles. The van der Waals surface area contributed by atoms with E-state index in [0.717, 1.165) is 36.2 Å². The fourth-order valence-corrected chi connectivity index (χ4v) is 2.07. The van der Waals surface area contributed by atoms with Crippen LogP contribution in [0.3, 0.4) is 0 Å². The van der Waals surface area contributed by atoms with Crippen molar-refractivity contribution in [3.63, 3.8) is 0 Å². The number of anilines is 1. The van der Waals surface area contributed by atoms with Gasteiger partial charge in [-0.2, -0.15) is 0 Å². The molecule has 144 valence electrons. The summed E-state index contributed by atoms with van der Waals surface area (Å²) in [5, 5.41) is 9.98. The highest BCUT2D eigenvalue weighted by molar-refractivity contribution is 14.0. The van der Waals surface area contributed by atoms with Crippen molar-refractivity contribution in [2.75, 3.05) is 38.7 Å². The highest BCUT2D eigenvalue weighted by atomic mass is 127. The molecule has 0 radical (unpaired) electrons. The monoisotopic (exact) mass is 464 g/mol. The molecule has 25 heavy (non-hydrogen) atoms. The van der Waals surface area contributed by atoms with Crippen molar-refractivity contribution in [3.05, 3.63) is 18.2 Å². The number of hydrogen-bond acceptors (Lipinski definition) is 4. The molecular formula is C18H33IN4O2. The molecule has 0 spiro atoms.